The Bertz CT molecular complexity index is 817. The minimum absolute atomic E-state index is 0.0634. The van der Waals surface area contributed by atoms with Gasteiger partial charge in [0.15, 0.2) is 0 Å². The first kappa shape index (κ1) is 17.7. The number of hydrogen-bond donors (Lipinski definition) is 3. The summed E-state index contributed by atoms with van der Waals surface area (Å²) in [5, 5.41) is 9.10. The maximum atomic E-state index is 12.2. The Labute approximate surface area is 143 Å². The van der Waals surface area contributed by atoms with Gasteiger partial charge in [0.2, 0.25) is 0 Å². The molecule has 0 saturated heterocycles. The van der Waals surface area contributed by atoms with E-state index in [0.717, 1.165) is 0 Å². The van der Waals surface area contributed by atoms with E-state index in [-0.39, 0.29) is 23.3 Å². The largest absolute Gasteiger partial charge is 0.489 e. The van der Waals surface area contributed by atoms with Crippen LogP contribution in [0.2, 0.25) is 0 Å². The van der Waals surface area contributed by atoms with E-state index in [1.165, 1.54) is 30.3 Å². The summed E-state index contributed by atoms with van der Waals surface area (Å²) < 4.78 is 5.38. The molecule has 2 aromatic carbocycles. The number of carbonyl (C=O) groups excluding carboxylic acids is 2. The summed E-state index contributed by atoms with van der Waals surface area (Å²) in [4.78, 5) is 35.5. The van der Waals surface area contributed by atoms with Gasteiger partial charge in [-0.1, -0.05) is 36.9 Å². The second kappa shape index (κ2) is 8.30. The summed E-state index contributed by atoms with van der Waals surface area (Å²) in [6.07, 6.45) is 1.54. The third-order valence-corrected chi connectivity index (χ3v) is 3.18. The van der Waals surface area contributed by atoms with E-state index in [1.54, 1.807) is 24.3 Å². The second-order valence-electron chi connectivity index (χ2n) is 4.85. The quantitative estimate of drug-likeness (QED) is 0.551. The van der Waals surface area contributed by atoms with Crippen molar-refractivity contribution in [1.82, 2.24) is 10.9 Å². The fourth-order valence-electron chi connectivity index (χ4n) is 2.04. The predicted molar refractivity (Wildman–Crippen MR) is 90.5 cm³/mol. The van der Waals surface area contributed by atoms with Crippen LogP contribution in [0, 0.1) is 0 Å². The van der Waals surface area contributed by atoms with Crippen molar-refractivity contribution >= 4 is 17.8 Å². The van der Waals surface area contributed by atoms with Crippen molar-refractivity contribution in [2.24, 2.45) is 0 Å². The molecule has 2 amide bonds. The molecule has 25 heavy (non-hydrogen) atoms. The van der Waals surface area contributed by atoms with Crippen molar-refractivity contribution in [2.75, 3.05) is 6.61 Å². The van der Waals surface area contributed by atoms with E-state index in [2.05, 4.69) is 17.4 Å². The molecule has 0 saturated carbocycles. The summed E-state index contributed by atoms with van der Waals surface area (Å²) in [6, 6.07) is 12.2. The number of para-hydroxylation sites is 1. The van der Waals surface area contributed by atoms with Crippen LogP contribution in [0.3, 0.4) is 0 Å². The molecular formula is C18H16N2O5. The van der Waals surface area contributed by atoms with Gasteiger partial charge < -0.3 is 9.84 Å². The molecule has 2 rings (SSSR count). The van der Waals surface area contributed by atoms with Crippen molar-refractivity contribution in [3.05, 3.63) is 77.9 Å². The van der Waals surface area contributed by atoms with Crippen LogP contribution in [0.5, 0.6) is 5.75 Å². The topological polar surface area (TPSA) is 105 Å². The number of ether oxygens (including phenoxy) is 1. The van der Waals surface area contributed by atoms with Crippen LogP contribution in [0.1, 0.15) is 31.1 Å². The molecule has 0 aliphatic rings. The van der Waals surface area contributed by atoms with Gasteiger partial charge >= 0.3 is 5.97 Å². The van der Waals surface area contributed by atoms with Crippen LogP contribution in [0.15, 0.2) is 61.2 Å². The molecule has 0 aliphatic heterocycles. The molecule has 7 heteroatoms. The smallest absolute Gasteiger partial charge is 0.336 e. The molecule has 0 radical (unpaired) electrons. The molecular weight excluding hydrogens is 324 g/mol. The van der Waals surface area contributed by atoms with Crippen LogP contribution < -0.4 is 15.6 Å². The van der Waals surface area contributed by atoms with E-state index in [0.29, 0.717) is 5.75 Å². The molecule has 0 spiro atoms. The van der Waals surface area contributed by atoms with Gasteiger partial charge in [-0.2, -0.15) is 0 Å². The SMILES string of the molecule is C=CCOc1ccccc1C(=O)NNC(=O)c1ccccc1C(=O)O. The molecule has 0 aliphatic carbocycles. The molecule has 3 N–H and O–H groups in total. The Morgan fingerprint density at radius 1 is 0.920 bits per heavy atom. The third kappa shape index (κ3) is 4.44. The summed E-state index contributed by atoms with van der Waals surface area (Å²) in [5.74, 6) is -2.24. The highest BCUT2D eigenvalue weighted by Gasteiger charge is 2.17. The minimum atomic E-state index is -1.24. The number of rotatable bonds is 6. The molecule has 0 aromatic heterocycles. The minimum Gasteiger partial charge on any atom is -0.489 e. The Morgan fingerprint density at radius 3 is 2.04 bits per heavy atom. The van der Waals surface area contributed by atoms with Crippen LogP contribution in [-0.4, -0.2) is 29.5 Å². The molecule has 0 fully saturated rings. The number of amides is 2. The standard InChI is InChI=1S/C18H16N2O5/c1-2-11-25-15-10-6-5-9-14(15)17(22)20-19-16(21)12-7-3-4-8-13(12)18(23)24/h2-10H,1,11H2,(H,19,21)(H,20,22)(H,23,24). The number of carboxylic acids is 1. The van der Waals surface area contributed by atoms with Crippen LogP contribution in [-0.2, 0) is 0 Å². The van der Waals surface area contributed by atoms with Crippen molar-refractivity contribution in [2.45, 2.75) is 0 Å². The molecule has 7 nitrogen and oxygen atoms in total. The summed E-state index contributed by atoms with van der Waals surface area (Å²) in [5.41, 5.74) is 4.43. The number of aromatic carboxylic acids is 1. The Hall–Kier alpha value is -3.61. The van der Waals surface area contributed by atoms with Gasteiger partial charge in [-0.25, -0.2) is 4.79 Å². The lowest BCUT2D eigenvalue weighted by molar-refractivity contribution is 0.0690. The van der Waals surface area contributed by atoms with Gasteiger partial charge in [-0.15, -0.1) is 0 Å². The normalized spacial score (nSPS) is 9.76. The van der Waals surface area contributed by atoms with Crippen molar-refractivity contribution < 1.29 is 24.2 Å². The van der Waals surface area contributed by atoms with Gasteiger partial charge in [0.25, 0.3) is 11.8 Å². The number of carboxylic acid groups (broad SMARTS) is 1. The van der Waals surface area contributed by atoms with Gasteiger partial charge in [-0.05, 0) is 24.3 Å². The molecule has 0 bridgehead atoms. The fourth-order valence-corrected chi connectivity index (χ4v) is 2.04. The van der Waals surface area contributed by atoms with Crippen LogP contribution in [0.25, 0.3) is 0 Å². The molecule has 0 unspecified atom stereocenters. The first-order valence-corrected chi connectivity index (χ1v) is 7.30. The summed E-state index contributed by atoms with van der Waals surface area (Å²) in [7, 11) is 0. The highest BCUT2D eigenvalue weighted by atomic mass is 16.5. The molecule has 128 valence electrons. The Balaban J connectivity index is 2.09. The highest BCUT2D eigenvalue weighted by molar-refractivity contribution is 6.06. The summed E-state index contributed by atoms with van der Waals surface area (Å²) in [6.45, 7) is 3.76. The van der Waals surface area contributed by atoms with E-state index in [4.69, 9.17) is 9.84 Å². The number of hydrazine groups is 1. The lowest BCUT2D eigenvalue weighted by atomic mass is 10.1. The maximum absolute atomic E-state index is 12.2. The van der Waals surface area contributed by atoms with Crippen molar-refractivity contribution in [3.63, 3.8) is 0 Å². The Kier molecular flexibility index (Phi) is 5.89. The fraction of sp³-hybridized carbons (Fsp3) is 0.0556. The maximum Gasteiger partial charge on any atom is 0.336 e. The highest BCUT2D eigenvalue weighted by Crippen LogP contribution is 2.17. The van der Waals surface area contributed by atoms with Gasteiger partial charge in [0, 0.05) is 0 Å². The molecule has 0 heterocycles. The van der Waals surface area contributed by atoms with Crippen molar-refractivity contribution in [1.29, 1.82) is 0 Å². The lowest BCUT2D eigenvalue weighted by Crippen LogP contribution is -2.42. The van der Waals surface area contributed by atoms with E-state index in [1.807, 2.05) is 0 Å². The number of carbonyl (C=O) groups is 3. The van der Waals surface area contributed by atoms with Crippen LogP contribution >= 0.6 is 0 Å². The van der Waals surface area contributed by atoms with E-state index in [9.17, 15) is 14.4 Å². The van der Waals surface area contributed by atoms with E-state index >= 15 is 0 Å². The molecule has 0 atom stereocenters. The number of benzene rings is 2. The average Bonchev–Trinajstić information content (AvgIpc) is 2.64. The molecule has 2 aromatic rings. The van der Waals surface area contributed by atoms with Gasteiger partial charge in [0.1, 0.15) is 12.4 Å². The van der Waals surface area contributed by atoms with Crippen LogP contribution in [0.4, 0.5) is 0 Å². The van der Waals surface area contributed by atoms with Crippen molar-refractivity contribution in [3.8, 4) is 5.75 Å². The zero-order valence-electron chi connectivity index (χ0n) is 13.2. The predicted octanol–water partition coefficient (Wildman–Crippen LogP) is 2.02. The average molecular weight is 340 g/mol. The third-order valence-electron chi connectivity index (χ3n) is 3.18. The van der Waals surface area contributed by atoms with E-state index < -0.39 is 17.8 Å². The Morgan fingerprint density at radius 2 is 1.44 bits per heavy atom. The number of hydrogen-bond acceptors (Lipinski definition) is 4. The first-order chi connectivity index (χ1) is 12.0. The zero-order valence-corrected chi connectivity index (χ0v) is 13.2. The first-order valence-electron chi connectivity index (χ1n) is 7.30. The zero-order chi connectivity index (χ0) is 18.2. The lowest BCUT2D eigenvalue weighted by Gasteiger charge is -2.12. The monoisotopic (exact) mass is 340 g/mol. The van der Waals surface area contributed by atoms with Gasteiger partial charge in [0.05, 0.1) is 16.7 Å². The summed E-state index contributed by atoms with van der Waals surface area (Å²) >= 11 is 0. The van der Waals surface area contributed by atoms with Gasteiger partial charge in [-0.3, -0.25) is 20.4 Å². The second-order valence-corrected chi connectivity index (χ2v) is 4.85. The number of nitrogens with one attached hydrogen (secondary N) is 2.